The number of hydrogen-bond acceptors (Lipinski definition) is 5. The molecule has 0 aliphatic rings. The van der Waals surface area contributed by atoms with Crippen LogP contribution in [0.4, 0.5) is 11.8 Å². The first-order valence-corrected chi connectivity index (χ1v) is 6.55. The van der Waals surface area contributed by atoms with E-state index in [1.807, 2.05) is 55.5 Å². The maximum Gasteiger partial charge on any atom is 0.222 e. The third-order valence-corrected chi connectivity index (χ3v) is 3.20. The highest BCUT2D eigenvalue weighted by atomic mass is 15.2. The van der Waals surface area contributed by atoms with Crippen molar-refractivity contribution in [1.29, 1.82) is 0 Å². The molecule has 0 amide bonds. The first-order chi connectivity index (χ1) is 10.1. The summed E-state index contributed by atoms with van der Waals surface area (Å²) in [7, 11) is 3.85. The Morgan fingerprint density at radius 2 is 1.71 bits per heavy atom. The lowest BCUT2D eigenvalue weighted by Crippen LogP contribution is -2.12. The van der Waals surface area contributed by atoms with Gasteiger partial charge in [0.1, 0.15) is 5.82 Å². The predicted molar refractivity (Wildman–Crippen MR) is 83.8 cm³/mol. The molecule has 0 unspecified atom stereocenters. The van der Waals surface area contributed by atoms with Crippen LogP contribution in [0.2, 0.25) is 0 Å². The van der Waals surface area contributed by atoms with Gasteiger partial charge in [-0.1, -0.05) is 24.3 Å². The molecule has 6 nitrogen and oxygen atoms in total. The number of nitrogens with zero attached hydrogens (tertiary/aromatic N) is 4. The number of benzene rings is 1. The van der Waals surface area contributed by atoms with Crippen LogP contribution in [0.3, 0.4) is 0 Å². The van der Waals surface area contributed by atoms with Gasteiger partial charge in [0.25, 0.3) is 0 Å². The highest BCUT2D eigenvalue weighted by Crippen LogP contribution is 2.25. The van der Waals surface area contributed by atoms with Crippen LogP contribution in [0.5, 0.6) is 0 Å². The molecule has 1 aromatic carbocycles. The summed E-state index contributed by atoms with van der Waals surface area (Å²) >= 11 is 0. The van der Waals surface area contributed by atoms with Gasteiger partial charge >= 0.3 is 0 Å². The van der Waals surface area contributed by atoms with Crippen LogP contribution in [0.15, 0.2) is 42.7 Å². The van der Waals surface area contributed by atoms with Crippen molar-refractivity contribution in [2.75, 3.05) is 24.7 Å². The zero-order chi connectivity index (χ0) is 14.8. The van der Waals surface area contributed by atoms with Gasteiger partial charge in [0.2, 0.25) is 5.95 Å². The number of anilines is 2. The van der Waals surface area contributed by atoms with Crippen LogP contribution in [-0.2, 0) is 0 Å². The number of aromatic nitrogens is 4. The van der Waals surface area contributed by atoms with Crippen molar-refractivity contribution in [3.8, 4) is 22.4 Å². The Labute approximate surface area is 122 Å². The Balaban J connectivity index is 1.97. The van der Waals surface area contributed by atoms with Crippen LogP contribution < -0.4 is 10.6 Å². The third kappa shape index (κ3) is 2.69. The van der Waals surface area contributed by atoms with Crippen molar-refractivity contribution in [3.63, 3.8) is 0 Å². The van der Waals surface area contributed by atoms with Gasteiger partial charge in [0.05, 0.1) is 11.9 Å². The van der Waals surface area contributed by atoms with Crippen molar-refractivity contribution in [2.24, 2.45) is 0 Å². The van der Waals surface area contributed by atoms with Gasteiger partial charge in [-0.05, 0) is 5.56 Å². The van der Waals surface area contributed by atoms with Crippen molar-refractivity contribution >= 4 is 11.8 Å². The monoisotopic (exact) mass is 280 g/mol. The van der Waals surface area contributed by atoms with Gasteiger partial charge in [-0.3, -0.25) is 5.10 Å². The van der Waals surface area contributed by atoms with E-state index in [9.17, 15) is 0 Å². The molecule has 0 fully saturated rings. The lowest BCUT2D eigenvalue weighted by atomic mass is 10.1. The van der Waals surface area contributed by atoms with E-state index in [0.29, 0.717) is 0 Å². The highest BCUT2D eigenvalue weighted by molar-refractivity contribution is 5.69. The summed E-state index contributed by atoms with van der Waals surface area (Å²) in [6.07, 6.45) is 3.66. The Morgan fingerprint density at radius 1 is 1.00 bits per heavy atom. The number of hydrogen-bond donors (Lipinski definition) is 2. The molecule has 0 aliphatic carbocycles. The zero-order valence-electron chi connectivity index (χ0n) is 11.9. The van der Waals surface area contributed by atoms with Gasteiger partial charge in [-0.25, -0.2) is 4.98 Å². The standard InChI is InChI=1S/C15H16N6/c1-21(2)14-7-13(19-15(16)20-14)11-5-3-10(4-6-11)12-8-17-18-9-12/h3-9H,1-2H3,(H,17,18)(H2,16,19,20). The van der Waals surface area contributed by atoms with E-state index in [1.165, 1.54) is 0 Å². The van der Waals surface area contributed by atoms with Crippen LogP contribution in [0, 0.1) is 0 Å². The number of nitrogens with one attached hydrogen (secondary N) is 1. The number of nitrogen functional groups attached to an aromatic ring is 1. The smallest absolute Gasteiger partial charge is 0.222 e. The molecule has 0 saturated heterocycles. The Bertz CT molecular complexity index is 731. The normalized spacial score (nSPS) is 10.6. The summed E-state index contributed by atoms with van der Waals surface area (Å²) in [6.45, 7) is 0. The maximum atomic E-state index is 5.78. The maximum absolute atomic E-state index is 5.78. The minimum atomic E-state index is 0.273. The molecule has 3 rings (SSSR count). The second-order valence-corrected chi connectivity index (χ2v) is 4.93. The SMILES string of the molecule is CN(C)c1cc(-c2ccc(-c3cn[nH]c3)cc2)nc(N)n1. The number of H-pyrrole nitrogens is 1. The number of nitrogens with two attached hydrogens (primary N) is 1. The Hall–Kier alpha value is -2.89. The number of aromatic amines is 1. The average molecular weight is 280 g/mol. The number of rotatable bonds is 3. The molecule has 3 N–H and O–H groups in total. The van der Waals surface area contributed by atoms with E-state index in [1.54, 1.807) is 6.20 Å². The van der Waals surface area contributed by atoms with E-state index < -0.39 is 0 Å². The summed E-state index contributed by atoms with van der Waals surface area (Å²) in [5.74, 6) is 1.06. The fourth-order valence-electron chi connectivity index (χ4n) is 2.07. The zero-order valence-corrected chi connectivity index (χ0v) is 11.9. The summed E-state index contributed by atoms with van der Waals surface area (Å²) in [6, 6.07) is 10.0. The van der Waals surface area contributed by atoms with Gasteiger partial charge in [0.15, 0.2) is 0 Å². The van der Waals surface area contributed by atoms with Crippen LogP contribution in [-0.4, -0.2) is 34.3 Å². The second-order valence-electron chi connectivity index (χ2n) is 4.93. The largest absolute Gasteiger partial charge is 0.368 e. The Kier molecular flexibility index (Phi) is 3.27. The third-order valence-electron chi connectivity index (χ3n) is 3.20. The molecule has 21 heavy (non-hydrogen) atoms. The molecule has 0 atom stereocenters. The van der Waals surface area contributed by atoms with Crippen molar-refractivity contribution < 1.29 is 0 Å². The van der Waals surface area contributed by atoms with Crippen LogP contribution >= 0.6 is 0 Å². The molecule has 0 spiro atoms. The summed E-state index contributed by atoms with van der Waals surface area (Å²) in [5, 5.41) is 6.76. The molecule has 0 aliphatic heterocycles. The van der Waals surface area contributed by atoms with Gasteiger partial charge in [0, 0.05) is 37.5 Å². The highest BCUT2D eigenvalue weighted by Gasteiger charge is 2.07. The molecule has 6 heteroatoms. The minimum Gasteiger partial charge on any atom is -0.368 e. The molecule has 106 valence electrons. The fraction of sp³-hybridized carbons (Fsp3) is 0.133. The average Bonchev–Trinajstić information content (AvgIpc) is 3.01. The second kappa shape index (κ2) is 5.24. The lowest BCUT2D eigenvalue weighted by molar-refractivity contribution is 1.05. The van der Waals surface area contributed by atoms with Gasteiger partial charge < -0.3 is 10.6 Å². The van der Waals surface area contributed by atoms with E-state index in [4.69, 9.17) is 5.73 Å². The summed E-state index contributed by atoms with van der Waals surface area (Å²) in [5.41, 5.74) is 9.74. The molecule has 0 bridgehead atoms. The molecular weight excluding hydrogens is 264 g/mol. The fourth-order valence-corrected chi connectivity index (χ4v) is 2.07. The van der Waals surface area contributed by atoms with Crippen LogP contribution in [0.25, 0.3) is 22.4 Å². The molecule has 3 aromatic rings. The quantitative estimate of drug-likeness (QED) is 0.768. The molecule has 0 radical (unpaired) electrons. The molecule has 2 aromatic heterocycles. The summed E-state index contributed by atoms with van der Waals surface area (Å²) in [4.78, 5) is 10.4. The van der Waals surface area contributed by atoms with E-state index in [-0.39, 0.29) is 5.95 Å². The molecule has 2 heterocycles. The first kappa shape index (κ1) is 13.1. The molecular formula is C15H16N6. The van der Waals surface area contributed by atoms with E-state index >= 15 is 0 Å². The van der Waals surface area contributed by atoms with Crippen LogP contribution in [0.1, 0.15) is 0 Å². The van der Waals surface area contributed by atoms with Crippen molar-refractivity contribution in [2.45, 2.75) is 0 Å². The Morgan fingerprint density at radius 3 is 2.33 bits per heavy atom. The lowest BCUT2D eigenvalue weighted by Gasteiger charge is -2.13. The van der Waals surface area contributed by atoms with Gasteiger partial charge in [-0.2, -0.15) is 10.1 Å². The summed E-state index contributed by atoms with van der Waals surface area (Å²) < 4.78 is 0. The van der Waals surface area contributed by atoms with Gasteiger partial charge in [-0.15, -0.1) is 0 Å². The van der Waals surface area contributed by atoms with E-state index in [2.05, 4.69) is 20.2 Å². The van der Waals surface area contributed by atoms with Crippen molar-refractivity contribution in [1.82, 2.24) is 20.2 Å². The van der Waals surface area contributed by atoms with E-state index in [0.717, 1.165) is 28.2 Å². The first-order valence-electron chi connectivity index (χ1n) is 6.55. The molecule has 0 saturated carbocycles. The predicted octanol–water partition coefficient (Wildman–Crippen LogP) is 2.18. The minimum absolute atomic E-state index is 0.273. The topological polar surface area (TPSA) is 83.7 Å². The van der Waals surface area contributed by atoms with Crippen molar-refractivity contribution in [3.05, 3.63) is 42.7 Å².